The topological polar surface area (TPSA) is 9.23 Å². The Bertz CT molecular complexity index is 148. The van der Waals surface area contributed by atoms with Crippen LogP contribution in [0.1, 0.15) is 4.88 Å². The molecule has 0 fully saturated rings. The lowest BCUT2D eigenvalue weighted by molar-refractivity contribution is 0.370. The molecule has 9 heavy (non-hydrogen) atoms. The first kappa shape index (κ1) is 7.12. The minimum atomic E-state index is 0.735. The lowest BCUT2D eigenvalue weighted by Crippen LogP contribution is -1.77. The van der Waals surface area contributed by atoms with Gasteiger partial charge in [-0.25, -0.2) is 0 Å². The highest BCUT2D eigenvalue weighted by atomic mass is 32.2. The highest BCUT2D eigenvalue weighted by Crippen LogP contribution is 2.11. The molecule has 0 unspecified atom stereocenters. The van der Waals surface area contributed by atoms with Gasteiger partial charge in [0.05, 0.1) is 6.61 Å². The number of hydrogen-bond donors (Lipinski definition) is 0. The highest BCUT2D eigenvalue weighted by molar-refractivity contribution is 7.93. The maximum absolute atomic E-state index is 5.10. The van der Waals surface area contributed by atoms with Gasteiger partial charge in [-0.2, -0.15) is 0 Å². The van der Waals surface area contributed by atoms with E-state index >= 15 is 0 Å². The average molecular weight is 160 g/mol. The standard InChI is InChI=1S/C6H8OS2/c1-8-7-5-6-3-2-4-9-6/h2-4H,5H2,1H3. The summed E-state index contributed by atoms with van der Waals surface area (Å²) in [6, 6.07) is 4.10. The largest absolute Gasteiger partial charge is 0.310 e. The van der Waals surface area contributed by atoms with Crippen molar-refractivity contribution in [1.82, 2.24) is 0 Å². The summed E-state index contributed by atoms with van der Waals surface area (Å²) in [4.78, 5) is 1.28. The summed E-state index contributed by atoms with van der Waals surface area (Å²) in [5, 5.41) is 2.05. The predicted molar refractivity (Wildman–Crippen MR) is 42.6 cm³/mol. The predicted octanol–water partition coefficient (Wildman–Crippen LogP) is 2.54. The van der Waals surface area contributed by atoms with Gasteiger partial charge in [0.1, 0.15) is 0 Å². The maximum atomic E-state index is 5.10. The van der Waals surface area contributed by atoms with E-state index in [1.165, 1.54) is 16.9 Å². The number of rotatable bonds is 3. The summed E-state index contributed by atoms with van der Waals surface area (Å²) in [5.41, 5.74) is 0. The van der Waals surface area contributed by atoms with Crippen molar-refractivity contribution in [2.24, 2.45) is 0 Å². The first-order chi connectivity index (χ1) is 4.43. The molecule has 0 bridgehead atoms. The second-order valence-corrected chi connectivity index (χ2v) is 3.11. The third-order valence-corrected chi connectivity index (χ3v) is 2.10. The summed E-state index contributed by atoms with van der Waals surface area (Å²) >= 11 is 3.13. The van der Waals surface area contributed by atoms with Crippen LogP contribution in [0.2, 0.25) is 0 Å². The molecule has 3 heteroatoms. The van der Waals surface area contributed by atoms with Gasteiger partial charge < -0.3 is 4.18 Å². The number of hydrogen-bond acceptors (Lipinski definition) is 3. The second-order valence-electron chi connectivity index (χ2n) is 1.51. The van der Waals surface area contributed by atoms with Crippen LogP contribution in [0.3, 0.4) is 0 Å². The second kappa shape index (κ2) is 3.93. The van der Waals surface area contributed by atoms with Gasteiger partial charge in [0.2, 0.25) is 0 Å². The summed E-state index contributed by atoms with van der Waals surface area (Å²) < 4.78 is 5.10. The van der Waals surface area contributed by atoms with Crippen molar-refractivity contribution in [2.45, 2.75) is 6.61 Å². The Morgan fingerprint density at radius 1 is 1.78 bits per heavy atom. The molecular weight excluding hydrogens is 152 g/mol. The van der Waals surface area contributed by atoms with Gasteiger partial charge >= 0.3 is 0 Å². The Hall–Kier alpha value is 0.01000. The van der Waals surface area contributed by atoms with Gasteiger partial charge in [-0.1, -0.05) is 6.07 Å². The van der Waals surface area contributed by atoms with Crippen LogP contribution in [0.5, 0.6) is 0 Å². The molecule has 0 aliphatic heterocycles. The Kier molecular flexibility index (Phi) is 3.11. The van der Waals surface area contributed by atoms with Crippen LogP contribution in [0.25, 0.3) is 0 Å². The molecule has 1 nitrogen and oxygen atoms in total. The van der Waals surface area contributed by atoms with E-state index in [0.29, 0.717) is 0 Å². The summed E-state index contributed by atoms with van der Waals surface area (Å²) in [7, 11) is 0. The van der Waals surface area contributed by atoms with E-state index in [9.17, 15) is 0 Å². The van der Waals surface area contributed by atoms with Crippen molar-refractivity contribution in [3.63, 3.8) is 0 Å². The van der Waals surface area contributed by atoms with E-state index in [1.807, 2.05) is 12.3 Å². The van der Waals surface area contributed by atoms with Gasteiger partial charge in [0, 0.05) is 11.1 Å². The summed E-state index contributed by atoms with van der Waals surface area (Å²) in [6.07, 6.45) is 1.92. The molecule has 0 saturated carbocycles. The van der Waals surface area contributed by atoms with Crippen LogP contribution in [0.4, 0.5) is 0 Å². The van der Waals surface area contributed by atoms with Gasteiger partial charge in [-0.3, -0.25) is 0 Å². The third kappa shape index (κ3) is 2.39. The Morgan fingerprint density at radius 2 is 2.67 bits per heavy atom. The zero-order chi connectivity index (χ0) is 6.53. The fourth-order valence-electron chi connectivity index (χ4n) is 0.512. The first-order valence-electron chi connectivity index (χ1n) is 2.61. The van der Waals surface area contributed by atoms with Crippen molar-refractivity contribution in [1.29, 1.82) is 0 Å². The molecule has 0 saturated heterocycles. The van der Waals surface area contributed by atoms with E-state index in [1.54, 1.807) is 11.3 Å². The van der Waals surface area contributed by atoms with Crippen molar-refractivity contribution >= 4 is 23.4 Å². The summed E-state index contributed by atoms with van der Waals surface area (Å²) in [6.45, 7) is 0.735. The van der Waals surface area contributed by atoms with E-state index < -0.39 is 0 Å². The van der Waals surface area contributed by atoms with Gasteiger partial charge in [-0.15, -0.1) is 11.3 Å². The molecule has 1 heterocycles. The molecule has 0 amide bonds. The van der Waals surface area contributed by atoms with E-state index in [0.717, 1.165) is 6.61 Å². The maximum Gasteiger partial charge on any atom is 0.0956 e. The highest BCUT2D eigenvalue weighted by Gasteiger charge is 1.90. The lowest BCUT2D eigenvalue weighted by Gasteiger charge is -1.92. The van der Waals surface area contributed by atoms with Crippen molar-refractivity contribution in [3.05, 3.63) is 22.4 Å². The van der Waals surface area contributed by atoms with Gasteiger partial charge in [0.25, 0.3) is 0 Å². The minimum Gasteiger partial charge on any atom is -0.310 e. The molecule has 0 aromatic carbocycles. The molecule has 1 rings (SSSR count). The quantitative estimate of drug-likeness (QED) is 0.628. The molecule has 0 aliphatic carbocycles. The molecule has 1 aromatic heterocycles. The smallest absolute Gasteiger partial charge is 0.0956 e. The number of thiophene rings is 1. The zero-order valence-corrected chi connectivity index (χ0v) is 6.80. The van der Waals surface area contributed by atoms with Crippen molar-refractivity contribution < 1.29 is 4.18 Å². The fourth-order valence-corrected chi connectivity index (χ4v) is 1.45. The van der Waals surface area contributed by atoms with Crippen LogP contribution >= 0.6 is 23.4 Å². The Morgan fingerprint density at radius 3 is 3.22 bits per heavy atom. The Labute approximate surface area is 63.2 Å². The molecule has 0 aliphatic rings. The van der Waals surface area contributed by atoms with Gasteiger partial charge in [-0.05, 0) is 23.5 Å². The van der Waals surface area contributed by atoms with Crippen LogP contribution in [-0.4, -0.2) is 6.26 Å². The SMILES string of the molecule is CSOCc1cccs1. The van der Waals surface area contributed by atoms with Crippen LogP contribution in [-0.2, 0) is 10.8 Å². The van der Waals surface area contributed by atoms with Crippen molar-refractivity contribution in [2.75, 3.05) is 6.26 Å². The van der Waals surface area contributed by atoms with Crippen molar-refractivity contribution in [3.8, 4) is 0 Å². The molecule has 0 spiro atoms. The third-order valence-electron chi connectivity index (χ3n) is 0.899. The molecule has 0 atom stereocenters. The monoisotopic (exact) mass is 160 g/mol. The van der Waals surface area contributed by atoms with Crippen LogP contribution < -0.4 is 0 Å². The van der Waals surface area contributed by atoms with E-state index in [2.05, 4.69) is 11.4 Å². The average Bonchev–Trinajstić information content (AvgIpc) is 2.34. The van der Waals surface area contributed by atoms with Gasteiger partial charge in [0.15, 0.2) is 0 Å². The first-order valence-corrected chi connectivity index (χ1v) is 4.64. The molecule has 1 aromatic rings. The fraction of sp³-hybridized carbons (Fsp3) is 0.333. The Balaban J connectivity index is 2.30. The molecule has 50 valence electrons. The molecule has 0 radical (unpaired) electrons. The van der Waals surface area contributed by atoms with Crippen LogP contribution in [0, 0.1) is 0 Å². The van der Waals surface area contributed by atoms with E-state index in [4.69, 9.17) is 4.18 Å². The zero-order valence-electron chi connectivity index (χ0n) is 5.16. The normalized spacial score (nSPS) is 9.89. The molecule has 0 N–H and O–H groups in total. The van der Waals surface area contributed by atoms with Crippen LogP contribution in [0.15, 0.2) is 17.5 Å². The lowest BCUT2D eigenvalue weighted by atomic mass is 10.5. The molecular formula is C6H8OS2. The minimum absolute atomic E-state index is 0.735. The van der Waals surface area contributed by atoms with E-state index in [-0.39, 0.29) is 0 Å². The summed E-state index contributed by atoms with van der Waals surface area (Å²) in [5.74, 6) is 0.